The predicted octanol–water partition coefficient (Wildman–Crippen LogP) is 1.89. The Bertz CT molecular complexity index is 310. The summed E-state index contributed by atoms with van der Waals surface area (Å²) in [5.41, 5.74) is 1.15. The third-order valence-corrected chi connectivity index (χ3v) is 2.02. The number of benzene rings is 1. The third-order valence-electron chi connectivity index (χ3n) is 2.02. The molecule has 14 heavy (non-hydrogen) atoms. The van der Waals surface area contributed by atoms with E-state index in [-0.39, 0.29) is 0 Å². The Kier molecular flexibility index (Phi) is 4.03. The number of phenols is 1. The molecule has 0 aromatic heterocycles. The van der Waals surface area contributed by atoms with E-state index >= 15 is 0 Å². The van der Waals surface area contributed by atoms with Crippen molar-refractivity contribution < 1.29 is 5.11 Å². The van der Waals surface area contributed by atoms with E-state index in [1.165, 1.54) is 0 Å². The van der Waals surface area contributed by atoms with Gasteiger partial charge in [-0.15, -0.1) is 12.3 Å². The van der Waals surface area contributed by atoms with Crippen LogP contribution in [0.4, 0.5) is 0 Å². The molecule has 2 heteroatoms. The minimum Gasteiger partial charge on any atom is -0.508 e. The van der Waals surface area contributed by atoms with E-state index in [2.05, 4.69) is 18.2 Å². The SMILES string of the molecule is C#CCC(C)NCc1ccc(O)cc1. The van der Waals surface area contributed by atoms with Gasteiger partial charge in [0.2, 0.25) is 0 Å². The first kappa shape index (κ1) is 10.6. The molecule has 74 valence electrons. The van der Waals surface area contributed by atoms with Crippen LogP contribution in [0.15, 0.2) is 24.3 Å². The molecular weight excluding hydrogens is 174 g/mol. The normalized spacial score (nSPS) is 12.0. The molecule has 2 nitrogen and oxygen atoms in total. The lowest BCUT2D eigenvalue weighted by molar-refractivity contribution is 0.474. The van der Waals surface area contributed by atoms with E-state index in [9.17, 15) is 0 Å². The largest absolute Gasteiger partial charge is 0.508 e. The Hall–Kier alpha value is -1.46. The first-order chi connectivity index (χ1) is 6.72. The molecular formula is C12H15NO. The van der Waals surface area contributed by atoms with Crippen molar-refractivity contribution in [2.24, 2.45) is 0 Å². The molecule has 0 saturated carbocycles. The molecule has 2 N–H and O–H groups in total. The molecule has 1 aromatic carbocycles. The molecule has 0 saturated heterocycles. The van der Waals surface area contributed by atoms with E-state index in [1.54, 1.807) is 12.1 Å². The maximum absolute atomic E-state index is 9.07. The highest BCUT2D eigenvalue weighted by atomic mass is 16.3. The average molecular weight is 189 g/mol. The third kappa shape index (κ3) is 3.51. The van der Waals surface area contributed by atoms with Gasteiger partial charge in [-0.05, 0) is 24.6 Å². The van der Waals surface area contributed by atoms with Crippen molar-refractivity contribution in [3.05, 3.63) is 29.8 Å². The quantitative estimate of drug-likeness (QED) is 0.709. The first-order valence-electron chi connectivity index (χ1n) is 4.67. The van der Waals surface area contributed by atoms with Gasteiger partial charge in [-0.3, -0.25) is 0 Å². The Morgan fingerprint density at radius 1 is 1.43 bits per heavy atom. The van der Waals surface area contributed by atoms with E-state index in [4.69, 9.17) is 11.5 Å². The van der Waals surface area contributed by atoms with Crippen molar-refractivity contribution in [2.75, 3.05) is 0 Å². The maximum atomic E-state index is 9.07. The van der Waals surface area contributed by atoms with Gasteiger partial charge in [0.05, 0.1) is 0 Å². The van der Waals surface area contributed by atoms with Crippen molar-refractivity contribution in [1.82, 2.24) is 5.32 Å². The van der Waals surface area contributed by atoms with Crippen LogP contribution in [0.3, 0.4) is 0 Å². The molecule has 1 rings (SSSR count). The van der Waals surface area contributed by atoms with Gasteiger partial charge in [0.15, 0.2) is 0 Å². The van der Waals surface area contributed by atoms with Crippen LogP contribution in [0.1, 0.15) is 18.9 Å². The van der Waals surface area contributed by atoms with Crippen LogP contribution in [0.25, 0.3) is 0 Å². The van der Waals surface area contributed by atoms with Gasteiger partial charge in [-0.25, -0.2) is 0 Å². The van der Waals surface area contributed by atoms with Gasteiger partial charge >= 0.3 is 0 Å². The number of aromatic hydroxyl groups is 1. The summed E-state index contributed by atoms with van der Waals surface area (Å²) in [7, 11) is 0. The Morgan fingerprint density at radius 2 is 2.07 bits per heavy atom. The molecule has 0 amide bonds. The lowest BCUT2D eigenvalue weighted by Crippen LogP contribution is -2.24. The molecule has 0 aliphatic carbocycles. The van der Waals surface area contributed by atoms with Gasteiger partial charge in [-0.2, -0.15) is 0 Å². The molecule has 1 unspecified atom stereocenters. The zero-order valence-electron chi connectivity index (χ0n) is 8.33. The fourth-order valence-electron chi connectivity index (χ4n) is 1.15. The van der Waals surface area contributed by atoms with Crippen molar-refractivity contribution in [3.8, 4) is 18.1 Å². The molecule has 0 spiro atoms. The Morgan fingerprint density at radius 3 is 2.64 bits per heavy atom. The molecule has 1 aromatic rings. The lowest BCUT2D eigenvalue weighted by Gasteiger charge is -2.10. The standard InChI is InChI=1S/C12H15NO/c1-3-4-10(2)13-9-11-5-7-12(14)8-6-11/h1,5-8,10,13-14H,4,9H2,2H3. The van der Waals surface area contributed by atoms with Crippen LogP contribution >= 0.6 is 0 Å². The highest BCUT2D eigenvalue weighted by Crippen LogP contribution is 2.09. The number of nitrogens with one attached hydrogen (secondary N) is 1. The Labute approximate surface area is 85.0 Å². The highest BCUT2D eigenvalue weighted by Gasteiger charge is 1.98. The summed E-state index contributed by atoms with van der Waals surface area (Å²) in [6.07, 6.45) is 5.93. The van der Waals surface area contributed by atoms with Crippen LogP contribution in [-0.2, 0) is 6.54 Å². The minimum atomic E-state index is 0.297. The lowest BCUT2D eigenvalue weighted by atomic mass is 10.2. The van der Waals surface area contributed by atoms with Crippen LogP contribution < -0.4 is 5.32 Å². The molecule has 0 bridgehead atoms. The van der Waals surface area contributed by atoms with E-state index in [1.807, 2.05) is 12.1 Å². The van der Waals surface area contributed by atoms with Gasteiger partial charge in [0.25, 0.3) is 0 Å². The molecule has 0 radical (unpaired) electrons. The maximum Gasteiger partial charge on any atom is 0.115 e. The first-order valence-corrected chi connectivity index (χ1v) is 4.67. The fraction of sp³-hybridized carbons (Fsp3) is 0.333. The van der Waals surface area contributed by atoms with Crippen LogP contribution in [0, 0.1) is 12.3 Å². The number of terminal acetylenes is 1. The number of hydrogen-bond donors (Lipinski definition) is 2. The zero-order valence-corrected chi connectivity index (χ0v) is 8.33. The summed E-state index contributed by atoms with van der Waals surface area (Å²) in [6, 6.07) is 7.48. The van der Waals surface area contributed by atoms with E-state index in [0.717, 1.165) is 18.5 Å². The predicted molar refractivity (Wildman–Crippen MR) is 57.9 cm³/mol. The van der Waals surface area contributed by atoms with Gasteiger partial charge < -0.3 is 10.4 Å². The van der Waals surface area contributed by atoms with Crippen LogP contribution in [0.5, 0.6) is 5.75 Å². The summed E-state index contributed by atoms with van der Waals surface area (Å²) in [4.78, 5) is 0. The monoisotopic (exact) mass is 189 g/mol. The fourth-order valence-corrected chi connectivity index (χ4v) is 1.15. The zero-order chi connectivity index (χ0) is 10.4. The minimum absolute atomic E-state index is 0.297. The average Bonchev–Trinajstić information content (AvgIpc) is 2.17. The van der Waals surface area contributed by atoms with Gasteiger partial charge in [-0.1, -0.05) is 12.1 Å². The van der Waals surface area contributed by atoms with Crippen molar-refractivity contribution in [3.63, 3.8) is 0 Å². The van der Waals surface area contributed by atoms with Gasteiger partial charge in [0.1, 0.15) is 5.75 Å². The highest BCUT2D eigenvalue weighted by molar-refractivity contribution is 5.25. The second-order valence-corrected chi connectivity index (χ2v) is 3.36. The van der Waals surface area contributed by atoms with Crippen molar-refractivity contribution >= 4 is 0 Å². The number of phenolic OH excluding ortho intramolecular Hbond substituents is 1. The molecule has 1 atom stereocenters. The molecule has 0 aliphatic heterocycles. The number of hydrogen-bond acceptors (Lipinski definition) is 2. The van der Waals surface area contributed by atoms with Gasteiger partial charge in [0, 0.05) is 19.0 Å². The molecule has 0 fully saturated rings. The summed E-state index contributed by atoms with van der Waals surface area (Å²) in [5.74, 6) is 2.91. The number of rotatable bonds is 4. The second kappa shape index (κ2) is 5.31. The topological polar surface area (TPSA) is 32.3 Å². The second-order valence-electron chi connectivity index (χ2n) is 3.36. The van der Waals surface area contributed by atoms with Crippen molar-refractivity contribution in [2.45, 2.75) is 25.9 Å². The summed E-state index contributed by atoms with van der Waals surface area (Å²) in [6.45, 7) is 2.84. The van der Waals surface area contributed by atoms with Crippen LogP contribution in [0.2, 0.25) is 0 Å². The molecule has 0 aliphatic rings. The van der Waals surface area contributed by atoms with Crippen LogP contribution in [-0.4, -0.2) is 11.1 Å². The smallest absolute Gasteiger partial charge is 0.115 e. The van der Waals surface area contributed by atoms with E-state index in [0.29, 0.717) is 11.8 Å². The van der Waals surface area contributed by atoms with E-state index < -0.39 is 0 Å². The summed E-state index contributed by atoms with van der Waals surface area (Å²) in [5, 5.41) is 12.4. The summed E-state index contributed by atoms with van der Waals surface area (Å²) < 4.78 is 0. The van der Waals surface area contributed by atoms with Crippen molar-refractivity contribution in [1.29, 1.82) is 0 Å². The summed E-state index contributed by atoms with van der Waals surface area (Å²) >= 11 is 0. The Balaban J connectivity index is 2.39. The molecule has 0 heterocycles.